The molecule has 2 heterocycles. The number of hydrogen-bond donors (Lipinski definition) is 2. The van der Waals surface area contributed by atoms with E-state index in [1.54, 1.807) is 12.3 Å². The van der Waals surface area contributed by atoms with Gasteiger partial charge in [-0.1, -0.05) is 19.9 Å². The number of phenolic OH excluding ortho intramolecular Hbond substituents is 1. The van der Waals surface area contributed by atoms with Crippen LogP contribution in [-0.2, 0) is 22.5 Å². The second kappa shape index (κ2) is 6.87. The van der Waals surface area contributed by atoms with E-state index >= 15 is 0 Å². The summed E-state index contributed by atoms with van der Waals surface area (Å²) in [7, 11) is 0. The second-order valence-electron chi connectivity index (χ2n) is 6.59. The van der Waals surface area contributed by atoms with Crippen LogP contribution in [0.2, 0.25) is 0 Å². The predicted octanol–water partition coefficient (Wildman–Crippen LogP) is 2.13. The Kier molecular flexibility index (Phi) is 4.80. The van der Waals surface area contributed by atoms with Gasteiger partial charge in [-0.15, -0.1) is 0 Å². The average Bonchev–Trinajstić information content (AvgIpc) is 3.12. The second-order valence-corrected chi connectivity index (χ2v) is 7.73. The summed E-state index contributed by atoms with van der Waals surface area (Å²) < 4.78 is 17.7. The van der Waals surface area contributed by atoms with Gasteiger partial charge in [0.1, 0.15) is 12.3 Å². The summed E-state index contributed by atoms with van der Waals surface area (Å²) in [4.78, 5) is 11.5. The van der Waals surface area contributed by atoms with E-state index < -0.39 is 11.2 Å². The molecule has 8 heteroatoms. The van der Waals surface area contributed by atoms with Crippen LogP contribution in [0.5, 0.6) is 5.75 Å². The molecule has 1 aliphatic rings. The van der Waals surface area contributed by atoms with Gasteiger partial charge in [-0.2, -0.15) is 5.10 Å². The average molecular weight is 362 g/mol. The Labute approximate surface area is 149 Å². The minimum Gasteiger partial charge on any atom is -0.506 e. The summed E-state index contributed by atoms with van der Waals surface area (Å²) in [6.45, 7) is 6.99. The van der Waals surface area contributed by atoms with E-state index in [0.717, 1.165) is 29.7 Å². The van der Waals surface area contributed by atoms with Gasteiger partial charge in [0, 0.05) is 18.3 Å². The number of aromatic nitrogens is 2. The number of anilines is 1. The van der Waals surface area contributed by atoms with Crippen LogP contribution in [0.4, 0.5) is 5.69 Å². The highest BCUT2D eigenvalue weighted by atomic mass is 32.2. The molecule has 0 aliphatic carbocycles. The van der Waals surface area contributed by atoms with Gasteiger partial charge in [-0.3, -0.25) is 18.5 Å². The van der Waals surface area contributed by atoms with E-state index in [2.05, 4.69) is 23.7 Å². The number of nitrogens with zero attached hydrogens (tertiary/aromatic N) is 3. The number of carbonyl (C=O) groups excluding carboxylic acids is 1. The van der Waals surface area contributed by atoms with Gasteiger partial charge >= 0.3 is 0 Å². The van der Waals surface area contributed by atoms with E-state index in [1.165, 1.54) is 4.31 Å². The molecular weight excluding hydrogens is 340 g/mol. The third kappa shape index (κ3) is 3.53. The molecule has 0 spiro atoms. The van der Waals surface area contributed by atoms with Gasteiger partial charge < -0.3 is 5.11 Å². The van der Waals surface area contributed by atoms with Crippen molar-refractivity contribution in [2.75, 3.05) is 10.8 Å². The molecule has 2 aromatic rings. The topological polar surface area (TPSA) is 87.5 Å². The largest absolute Gasteiger partial charge is 0.506 e. The number of nitrogens with one attached hydrogen (secondary N) is 1. The minimum atomic E-state index is -1.68. The molecule has 25 heavy (non-hydrogen) atoms. The lowest BCUT2D eigenvalue weighted by molar-refractivity contribution is -0.117. The van der Waals surface area contributed by atoms with Crippen LogP contribution in [0.3, 0.4) is 0 Å². The Balaban J connectivity index is 1.95. The van der Waals surface area contributed by atoms with Crippen molar-refractivity contribution < 1.29 is 14.1 Å². The van der Waals surface area contributed by atoms with Crippen molar-refractivity contribution in [2.24, 2.45) is 5.92 Å². The molecule has 1 amide bonds. The molecular formula is C17H22N4O3S. The Morgan fingerprint density at radius 3 is 2.80 bits per heavy atom. The fraction of sp³-hybridized carbons (Fsp3) is 0.412. The molecule has 1 atom stereocenters. The number of carbonyl (C=O) groups is 1. The zero-order chi connectivity index (χ0) is 18.1. The van der Waals surface area contributed by atoms with E-state index in [0.29, 0.717) is 11.6 Å². The Bertz CT molecular complexity index is 831. The zero-order valence-corrected chi connectivity index (χ0v) is 15.3. The molecule has 1 saturated heterocycles. The summed E-state index contributed by atoms with van der Waals surface area (Å²) >= 11 is -1.68. The number of rotatable bonds is 5. The van der Waals surface area contributed by atoms with Crippen molar-refractivity contribution >= 4 is 22.8 Å². The summed E-state index contributed by atoms with van der Waals surface area (Å²) in [6, 6.07) is 3.37. The summed E-state index contributed by atoms with van der Waals surface area (Å²) in [5.41, 5.74) is 2.98. The fourth-order valence-corrected chi connectivity index (χ4v) is 3.86. The Morgan fingerprint density at radius 1 is 1.40 bits per heavy atom. The van der Waals surface area contributed by atoms with Crippen LogP contribution in [0, 0.1) is 12.8 Å². The van der Waals surface area contributed by atoms with Crippen LogP contribution in [0.1, 0.15) is 25.8 Å². The van der Waals surface area contributed by atoms with E-state index in [1.807, 2.05) is 23.9 Å². The molecule has 0 bridgehead atoms. The molecule has 1 fully saturated rings. The first-order valence-electron chi connectivity index (χ1n) is 8.21. The van der Waals surface area contributed by atoms with E-state index in [-0.39, 0.29) is 18.2 Å². The maximum absolute atomic E-state index is 12.1. The number of hydrogen-bond acceptors (Lipinski definition) is 4. The maximum Gasteiger partial charge on any atom is 0.253 e. The van der Waals surface area contributed by atoms with Crippen LogP contribution in [0.15, 0.2) is 24.5 Å². The molecule has 1 aromatic carbocycles. The number of phenols is 1. The van der Waals surface area contributed by atoms with Crippen molar-refractivity contribution in [3.8, 4) is 16.9 Å². The third-order valence-corrected chi connectivity index (χ3v) is 5.34. The number of benzene rings is 1. The molecule has 3 rings (SSSR count). The van der Waals surface area contributed by atoms with Crippen LogP contribution < -0.4 is 9.03 Å². The molecule has 2 N–H and O–H groups in total. The normalized spacial score (nSPS) is 17.4. The van der Waals surface area contributed by atoms with Crippen LogP contribution in [0.25, 0.3) is 11.1 Å². The summed E-state index contributed by atoms with van der Waals surface area (Å²) in [6.07, 6.45) is 4.80. The van der Waals surface area contributed by atoms with Crippen LogP contribution >= 0.6 is 0 Å². The minimum absolute atomic E-state index is 0.00157. The highest BCUT2D eigenvalue weighted by molar-refractivity contribution is 7.85. The van der Waals surface area contributed by atoms with Crippen LogP contribution in [-0.4, -0.2) is 31.5 Å². The summed E-state index contributed by atoms with van der Waals surface area (Å²) in [5.74, 6) is 0.271. The van der Waals surface area contributed by atoms with Crippen molar-refractivity contribution in [3.63, 3.8) is 0 Å². The SMILES string of the molecule is Cc1c(-c2cnn(CCC(C)C)c2)ccc(O)c1N1CC(=O)NS1=O. The lowest BCUT2D eigenvalue weighted by Crippen LogP contribution is -2.23. The van der Waals surface area contributed by atoms with Crippen molar-refractivity contribution in [3.05, 3.63) is 30.1 Å². The van der Waals surface area contributed by atoms with Gasteiger partial charge in [0.15, 0.2) is 0 Å². The first-order valence-corrected chi connectivity index (χ1v) is 9.31. The van der Waals surface area contributed by atoms with E-state index in [4.69, 9.17) is 0 Å². The highest BCUT2D eigenvalue weighted by Gasteiger charge is 2.30. The lowest BCUT2D eigenvalue weighted by Gasteiger charge is -2.19. The molecule has 0 saturated carbocycles. The smallest absolute Gasteiger partial charge is 0.253 e. The number of aromatic hydroxyl groups is 1. The van der Waals surface area contributed by atoms with Gasteiger partial charge in [0.05, 0.1) is 11.9 Å². The number of amides is 1. The van der Waals surface area contributed by atoms with Gasteiger partial charge in [-0.25, -0.2) is 4.21 Å². The molecule has 1 aliphatic heterocycles. The standard InChI is InChI=1S/C17H22N4O3S/c1-11(2)6-7-20-9-13(8-18-20)14-4-5-15(22)17(12(14)3)21-10-16(23)19-25(21)24/h4-5,8-9,11,22H,6-7,10H2,1-3H3,(H,19,23). The molecule has 0 radical (unpaired) electrons. The third-order valence-electron chi connectivity index (χ3n) is 4.23. The highest BCUT2D eigenvalue weighted by Crippen LogP contribution is 2.38. The Morgan fingerprint density at radius 2 is 2.16 bits per heavy atom. The van der Waals surface area contributed by atoms with Gasteiger partial charge in [-0.05, 0) is 36.5 Å². The van der Waals surface area contributed by atoms with Gasteiger partial charge in [0.25, 0.3) is 5.91 Å². The maximum atomic E-state index is 12.1. The predicted molar refractivity (Wildman–Crippen MR) is 97.2 cm³/mol. The van der Waals surface area contributed by atoms with Crippen molar-refractivity contribution in [1.82, 2.24) is 14.5 Å². The molecule has 1 unspecified atom stereocenters. The quantitative estimate of drug-likeness (QED) is 0.853. The van der Waals surface area contributed by atoms with E-state index in [9.17, 15) is 14.1 Å². The van der Waals surface area contributed by atoms with Crippen molar-refractivity contribution in [2.45, 2.75) is 33.7 Å². The van der Waals surface area contributed by atoms with Gasteiger partial charge in [0.2, 0.25) is 11.2 Å². The molecule has 7 nitrogen and oxygen atoms in total. The Hall–Kier alpha value is -2.35. The lowest BCUT2D eigenvalue weighted by atomic mass is 10.0. The first-order chi connectivity index (χ1) is 11.9. The summed E-state index contributed by atoms with van der Waals surface area (Å²) in [5, 5.41) is 14.6. The zero-order valence-electron chi connectivity index (χ0n) is 14.5. The number of aryl methyl sites for hydroxylation is 1. The fourth-order valence-electron chi connectivity index (χ4n) is 2.86. The molecule has 134 valence electrons. The molecule has 1 aromatic heterocycles. The monoisotopic (exact) mass is 362 g/mol. The first kappa shape index (κ1) is 17.5. The van der Waals surface area contributed by atoms with Crippen molar-refractivity contribution in [1.29, 1.82) is 0 Å².